The second-order valence-electron chi connectivity index (χ2n) is 8.87. The zero-order valence-electron chi connectivity index (χ0n) is 17.5. The van der Waals surface area contributed by atoms with E-state index in [1.807, 2.05) is 0 Å². The molecule has 6 unspecified atom stereocenters. The Morgan fingerprint density at radius 1 is 1.03 bits per heavy atom. The van der Waals surface area contributed by atoms with Crippen molar-refractivity contribution in [2.24, 2.45) is 17.8 Å². The Kier molecular flexibility index (Phi) is 6.34. The van der Waals surface area contributed by atoms with Crippen LogP contribution in [0.4, 0.5) is 17.6 Å². The van der Waals surface area contributed by atoms with E-state index in [1.54, 1.807) is 0 Å². The lowest BCUT2D eigenvalue weighted by atomic mass is 9.78. The van der Waals surface area contributed by atoms with Crippen LogP contribution in [0.25, 0.3) is 0 Å². The Hall–Kier alpha value is -2.00. The van der Waals surface area contributed by atoms with Crippen molar-refractivity contribution in [1.29, 1.82) is 0 Å². The molecule has 15 heteroatoms. The Morgan fingerprint density at radius 2 is 1.68 bits per heavy atom. The normalized spacial score (nSPS) is 33.6. The van der Waals surface area contributed by atoms with Gasteiger partial charge in [-0.15, -0.1) is 0 Å². The molecule has 0 spiro atoms. The Labute approximate surface area is 191 Å². The number of hydrogen-bond donors (Lipinski definition) is 1. The van der Waals surface area contributed by atoms with Crippen molar-refractivity contribution < 1.29 is 63.9 Å². The third-order valence-electron chi connectivity index (χ3n) is 6.78. The molecule has 192 valence electrons. The summed E-state index contributed by atoms with van der Waals surface area (Å²) in [5.74, 6) is -10.7. The molecule has 0 aromatic carbocycles. The standard InChI is InChI=1S/C19H22F4O10S/c20-18(21,19(22,23)34(27,28)29)6-7-30-16(25)9-10-12-14(33-17(10)26)13(11(9)31-12)32-15(24)8-4-2-1-3-5-8/h8-14H,1-7H2,(H,27,28,29). The fraction of sp³-hybridized carbons (Fsp3) is 0.842. The summed E-state index contributed by atoms with van der Waals surface area (Å²) in [6.45, 7) is -1.34. The van der Waals surface area contributed by atoms with Gasteiger partial charge in [0.15, 0.2) is 12.2 Å². The molecular weight excluding hydrogens is 496 g/mol. The van der Waals surface area contributed by atoms with Gasteiger partial charge in [0.05, 0.1) is 18.9 Å². The third-order valence-corrected chi connectivity index (χ3v) is 7.72. The molecule has 0 aromatic rings. The molecule has 3 saturated heterocycles. The zero-order valence-corrected chi connectivity index (χ0v) is 18.3. The highest BCUT2D eigenvalue weighted by molar-refractivity contribution is 7.87. The number of carbonyl (C=O) groups is 3. The summed E-state index contributed by atoms with van der Waals surface area (Å²) < 4.78 is 104. The number of halogens is 4. The minimum atomic E-state index is -6.43. The van der Waals surface area contributed by atoms with Crippen molar-refractivity contribution in [3.8, 4) is 0 Å². The lowest BCUT2D eigenvalue weighted by molar-refractivity contribution is -0.179. The lowest BCUT2D eigenvalue weighted by Crippen LogP contribution is -2.49. The van der Waals surface area contributed by atoms with Crippen LogP contribution in [0.1, 0.15) is 38.5 Å². The van der Waals surface area contributed by atoms with E-state index in [0.717, 1.165) is 19.3 Å². The Bertz CT molecular complexity index is 964. The molecule has 3 heterocycles. The van der Waals surface area contributed by atoms with Crippen LogP contribution in [0.5, 0.6) is 0 Å². The molecule has 1 aliphatic carbocycles. The predicted molar refractivity (Wildman–Crippen MR) is 99.0 cm³/mol. The molecule has 4 aliphatic rings. The maximum absolute atomic E-state index is 13.6. The fourth-order valence-electron chi connectivity index (χ4n) is 5.02. The van der Waals surface area contributed by atoms with E-state index in [0.29, 0.717) is 12.8 Å². The van der Waals surface area contributed by atoms with Gasteiger partial charge in [0.1, 0.15) is 24.0 Å². The average molecular weight is 518 g/mol. The van der Waals surface area contributed by atoms with Gasteiger partial charge in [-0.25, -0.2) is 0 Å². The summed E-state index contributed by atoms with van der Waals surface area (Å²) in [6.07, 6.45) is -2.12. The van der Waals surface area contributed by atoms with Crippen LogP contribution in [0.15, 0.2) is 0 Å². The van der Waals surface area contributed by atoms with E-state index in [4.69, 9.17) is 18.8 Å². The van der Waals surface area contributed by atoms with Gasteiger partial charge in [-0.1, -0.05) is 19.3 Å². The van der Waals surface area contributed by atoms with Crippen molar-refractivity contribution in [3.05, 3.63) is 0 Å². The summed E-state index contributed by atoms with van der Waals surface area (Å²) in [6, 6.07) is 0. The van der Waals surface area contributed by atoms with E-state index in [9.17, 15) is 40.4 Å². The van der Waals surface area contributed by atoms with Crippen LogP contribution < -0.4 is 0 Å². The summed E-state index contributed by atoms with van der Waals surface area (Å²) in [5, 5.41) is -5.80. The van der Waals surface area contributed by atoms with E-state index < -0.39 is 88.5 Å². The van der Waals surface area contributed by atoms with E-state index in [2.05, 4.69) is 4.74 Å². The van der Waals surface area contributed by atoms with Gasteiger partial charge in [0.25, 0.3) is 0 Å². The molecule has 4 rings (SSSR count). The van der Waals surface area contributed by atoms with Crippen molar-refractivity contribution in [2.45, 2.75) is 74.1 Å². The molecule has 0 aromatic heterocycles. The Morgan fingerprint density at radius 3 is 2.29 bits per heavy atom. The van der Waals surface area contributed by atoms with Crippen LogP contribution in [0.3, 0.4) is 0 Å². The maximum atomic E-state index is 13.6. The molecular formula is C19H22F4O10S. The largest absolute Gasteiger partial charge is 0.465 e. The van der Waals surface area contributed by atoms with Crippen LogP contribution in [0.2, 0.25) is 0 Å². The number of carbonyl (C=O) groups excluding carboxylic acids is 3. The second-order valence-corrected chi connectivity index (χ2v) is 10.3. The minimum Gasteiger partial charge on any atom is -0.465 e. The van der Waals surface area contributed by atoms with Gasteiger partial charge in [-0.2, -0.15) is 26.0 Å². The number of rotatable bonds is 8. The van der Waals surface area contributed by atoms with E-state index in [-0.39, 0.29) is 5.92 Å². The summed E-state index contributed by atoms with van der Waals surface area (Å²) in [7, 11) is -6.43. The van der Waals surface area contributed by atoms with Crippen molar-refractivity contribution >= 4 is 28.0 Å². The smallest absolute Gasteiger partial charge is 0.431 e. The first-order valence-electron chi connectivity index (χ1n) is 10.7. The van der Waals surface area contributed by atoms with E-state index >= 15 is 0 Å². The molecule has 4 fully saturated rings. The first-order valence-corrected chi connectivity index (χ1v) is 12.2. The van der Waals surface area contributed by atoms with Crippen molar-refractivity contribution in [3.63, 3.8) is 0 Å². The number of fused-ring (bicyclic) bond motifs is 1. The summed E-state index contributed by atoms with van der Waals surface area (Å²) in [5.41, 5.74) is 0. The second kappa shape index (κ2) is 8.59. The van der Waals surface area contributed by atoms with Crippen LogP contribution >= 0.6 is 0 Å². The maximum Gasteiger partial charge on any atom is 0.431 e. The third kappa shape index (κ3) is 4.04. The molecule has 6 atom stereocenters. The molecule has 3 aliphatic heterocycles. The predicted octanol–water partition coefficient (Wildman–Crippen LogP) is 1.47. The zero-order chi connectivity index (χ0) is 25.1. The molecule has 1 N–H and O–H groups in total. The molecule has 34 heavy (non-hydrogen) atoms. The number of esters is 3. The molecule has 2 bridgehead atoms. The quantitative estimate of drug-likeness (QED) is 0.217. The number of ether oxygens (including phenoxy) is 4. The first kappa shape index (κ1) is 25.1. The van der Waals surface area contributed by atoms with Gasteiger partial charge in [0.2, 0.25) is 0 Å². The highest BCUT2D eigenvalue weighted by Gasteiger charge is 2.72. The average Bonchev–Trinajstić information content (AvgIpc) is 3.37. The topological polar surface area (TPSA) is 142 Å². The van der Waals surface area contributed by atoms with Crippen LogP contribution in [-0.2, 0) is 43.4 Å². The van der Waals surface area contributed by atoms with Crippen molar-refractivity contribution in [2.75, 3.05) is 6.61 Å². The SMILES string of the molecule is O=C(OC1C2OC(=O)C3C2OC1C3C(=O)OCCC(F)(F)C(F)(F)S(=O)(=O)O)C1CCCCC1. The van der Waals surface area contributed by atoms with Gasteiger partial charge in [-0.3, -0.25) is 18.9 Å². The van der Waals surface area contributed by atoms with Crippen LogP contribution in [-0.4, -0.2) is 73.1 Å². The monoisotopic (exact) mass is 518 g/mol. The van der Waals surface area contributed by atoms with Crippen LogP contribution in [0, 0.1) is 17.8 Å². The fourth-order valence-corrected chi connectivity index (χ4v) is 5.50. The van der Waals surface area contributed by atoms with Gasteiger partial charge in [-0.05, 0) is 12.8 Å². The van der Waals surface area contributed by atoms with E-state index in [1.165, 1.54) is 0 Å². The highest BCUT2D eigenvalue weighted by atomic mass is 32.2. The Balaban J connectivity index is 1.41. The summed E-state index contributed by atoms with van der Waals surface area (Å²) >= 11 is 0. The molecule has 0 radical (unpaired) electrons. The summed E-state index contributed by atoms with van der Waals surface area (Å²) in [4.78, 5) is 37.4. The van der Waals surface area contributed by atoms with Gasteiger partial charge < -0.3 is 18.9 Å². The number of alkyl halides is 4. The number of hydrogen-bond acceptors (Lipinski definition) is 9. The molecule has 1 saturated carbocycles. The van der Waals surface area contributed by atoms with Crippen molar-refractivity contribution in [1.82, 2.24) is 0 Å². The first-order chi connectivity index (χ1) is 15.8. The highest BCUT2D eigenvalue weighted by Crippen LogP contribution is 2.52. The molecule has 0 amide bonds. The molecule has 10 nitrogen and oxygen atoms in total. The lowest BCUT2D eigenvalue weighted by Gasteiger charge is -2.29. The minimum absolute atomic E-state index is 0.349. The van der Waals surface area contributed by atoms with Gasteiger partial charge in [0, 0.05) is 0 Å². The van der Waals surface area contributed by atoms with Gasteiger partial charge >= 0.3 is 39.2 Å².